The first-order valence-corrected chi connectivity index (χ1v) is 13.7. The molecule has 37 heavy (non-hydrogen) atoms. The Morgan fingerprint density at radius 2 is 1.84 bits per heavy atom. The zero-order chi connectivity index (χ0) is 28.1. The Morgan fingerprint density at radius 1 is 1.19 bits per heavy atom. The highest BCUT2D eigenvalue weighted by Gasteiger charge is 2.44. The van der Waals surface area contributed by atoms with E-state index in [4.69, 9.17) is 18.7 Å². The third kappa shape index (κ3) is 8.82. The van der Waals surface area contributed by atoms with Crippen molar-refractivity contribution < 1.29 is 38.3 Å². The number of aliphatic hydroxyl groups is 2. The van der Waals surface area contributed by atoms with E-state index in [9.17, 15) is 29.2 Å². The molecule has 1 aromatic rings. The molecule has 0 saturated carbocycles. The maximum absolute atomic E-state index is 13.8. The second-order valence-corrected chi connectivity index (χ2v) is 11.5. The smallest absolute Gasteiger partial charge is 0.342 e. The van der Waals surface area contributed by atoms with Gasteiger partial charge in [-0.15, -0.1) is 0 Å². The summed E-state index contributed by atoms with van der Waals surface area (Å²) in [5.41, 5.74) is -1.35. The summed E-state index contributed by atoms with van der Waals surface area (Å²) < 4.78 is 36.8. The molecule has 0 radical (unpaired) electrons. The normalized spacial score (nSPS) is 26.1. The quantitative estimate of drug-likeness (QED) is 0.128. The predicted molar refractivity (Wildman–Crippen MR) is 133 cm³/mol. The van der Waals surface area contributed by atoms with Crippen LogP contribution in [-0.4, -0.2) is 75.1 Å². The van der Waals surface area contributed by atoms with Crippen molar-refractivity contribution >= 4 is 13.6 Å². The van der Waals surface area contributed by atoms with Gasteiger partial charge < -0.3 is 28.9 Å². The number of nitrogens with one attached hydrogen (secondary N) is 3. The van der Waals surface area contributed by atoms with E-state index in [1.165, 1.54) is 20.0 Å². The first-order chi connectivity index (χ1) is 17.1. The van der Waals surface area contributed by atoms with Crippen LogP contribution in [0.2, 0.25) is 0 Å². The van der Waals surface area contributed by atoms with Gasteiger partial charge in [-0.25, -0.2) is 15.0 Å². The molecule has 1 aromatic heterocycles. The Morgan fingerprint density at radius 3 is 2.41 bits per heavy atom. The van der Waals surface area contributed by atoms with E-state index < -0.39 is 73.7 Å². The standard InChI is InChI=1S/C22H39N4O10P/c1-11(2)34-20(29)14(6)24-37(32,25-15(7)21(30)35-12(3)4)33-10-16-13(5)18(28)19(36-16)26-9-8-17(27)23-22(26)31/h8-9,11-16,18-20,28-29H,10H2,1-7H3,(H,23,27,31)(H2,24,25,32)/t13-,14+,15-,16-,18-,19-,20?,37?/m1/s1. The number of ether oxygens (including phenoxy) is 3. The Hall–Kier alpha value is -1.90. The molecule has 8 atom stereocenters. The highest BCUT2D eigenvalue weighted by atomic mass is 31.2. The molecule has 0 bridgehead atoms. The molecule has 1 aliphatic heterocycles. The highest BCUT2D eigenvalue weighted by Crippen LogP contribution is 2.42. The van der Waals surface area contributed by atoms with Crippen LogP contribution in [0.1, 0.15) is 54.7 Å². The van der Waals surface area contributed by atoms with Crippen molar-refractivity contribution in [3.8, 4) is 0 Å². The van der Waals surface area contributed by atoms with Gasteiger partial charge in [0.1, 0.15) is 12.1 Å². The highest BCUT2D eigenvalue weighted by molar-refractivity contribution is 7.54. The van der Waals surface area contributed by atoms with Crippen LogP contribution in [-0.2, 0) is 28.1 Å². The molecule has 2 unspecified atom stereocenters. The monoisotopic (exact) mass is 550 g/mol. The van der Waals surface area contributed by atoms with Crippen LogP contribution < -0.4 is 21.4 Å². The van der Waals surface area contributed by atoms with E-state index in [1.807, 2.05) is 0 Å². The van der Waals surface area contributed by atoms with Crippen molar-refractivity contribution in [1.82, 2.24) is 19.7 Å². The predicted octanol–water partition coefficient (Wildman–Crippen LogP) is 0.207. The zero-order valence-corrected chi connectivity index (χ0v) is 23.0. The molecular formula is C22H39N4O10P. The van der Waals surface area contributed by atoms with Crippen LogP contribution in [0.3, 0.4) is 0 Å². The maximum Gasteiger partial charge on any atom is 0.342 e. The molecule has 1 saturated heterocycles. The topological polar surface area (TPSA) is 190 Å². The fourth-order valence-corrected chi connectivity index (χ4v) is 5.43. The molecule has 15 heteroatoms. The molecule has 5 N–H and O–H groups in total. The molecule has 0 spiro atoms. The van der Waals surface area contributed by atoms with E-state index in [2.05, 4.69) is 15.2 Å². The number of hydrogen-bond acceptors (Lipinski definition) is 10. The summed E-state index contributed by atoms with van der Waals surface area (Å²) in [6.07, 6.45) is -3.91. The molecule has 14 nitrogen and oxygen atoms in total. The Labute approximate surface area is 215 Å². The zero-order valence-electron chi connectivity index (χ0n) is 22.1. The summed E-state index contributed by atoms with van der Waals surface area (Å²) in [6.45, 7) is 11.1. The van der Waals surface area contributed by atoms with Gasteiger partial charge >= 0.3 is 19.3 Å². The van der Waals surface area contributed by atoms with Crippen LogP contribution in [0.5, 0.6) is 0 Å². The summed E-state index contributed by atoms with van der Waals surface area (Å²) in [7, 11) is -4.05. The summed E-state index contributed by atoms with van der Waals surface area (Å²) in [5.74, 6) is -1.22. The van der Waals surface area contributed by atoms with Gasteiger partial charge in [0.15, 0.2) is 12.5 Å². The number of esters is 1. The molecule has 2 heterocycles. The minimum atomic E-state index is -4.05. The van der Waals surface area contributed by atoms with Gasteiger partial charge in [-0.3, -0.25) is 23.7 Å². The lowest BCUT2D eigenvalue weighted by molar-refractivity contribution is -0.149. The number of aromatic nitrogens is 2. The molecule has 212 valence electrons. The lowest BCUT2D eigenvalue weighted by Gasteiger charge is -2.30. The van der Waals surface area contributed by atoms with Crippen LogP contribution >= 0.6 is 7.67 Å². The van der Waals surface area contributed by atoms with E-state index in [1.54, 1.807) is 34.6 Å². The summed E-state index contributed by atoms with van der Waals surface area (Å²) in [5, 5.41) is 26.2. The molecular weight excluding hydrogens is 511 g/mol. The molecule has 1 aliphatic rings. The van der Waals surface area contributed by atoms with Crippen LogP contribution in [0.25, 0.3) is 0 Å². The van der Waals surface area contributed by atoms with E-state index in [0.29, 0.717) is 0 Å². The van der Waals surface area contributed by atoms with Gasteiger partial charge in [0.05, 0.1) is 31.0 Å². The Kier molecular flexibility index (Phi) is 11.2. The van der Waals surface area contributed by atoms with E-state index in [0.717, 1.165) is 10.6 Å². The molecule has 0 amide bonds. The fourth-order valence-electron chi connectivity index (χ4n) is 3.57. The lowest BCUT2D eigenvalue weighted by Crippen LogP contribution is -2.45. The van der Waals surface area contributed by atoms with Gasteiger partial charge in [-0.1, -0.05) is 6.92 Å². The number of carbonyl (C=O) groups is 1. The second kappa shape index (κ2) is 13.3. The van der Waals surface area contributed by atoms with Crippen molar-refractivity contribution in [2.45, 2.75) is 97.5 Å². The lowest BCUT2D eigenvalue weighted by atomic mass is 10.0. The van der Waals surface area contributed by atoms with Crippen molar-refractivity contribution in [1.29, 1.82) is 0 Å². The van der Waals surface area contributed by atoms with Crippen molar-refractivity contribution in [2.75, 3.05) is 6.61 Å². The first-order valence-electron chi connectivity index (χ1n) is 12.1. The minimum Gasteiger partial charge on any atom is -0.462 e. The van der Waals surface area contributed by atoms with Crippen LogP contribution in [0.4, 0.5) is 0 Å². The van der Waals surface area contributed by atoms with Gasteiger partial charge in [0.25, 0.3) is 5.56 Å². The third-order valence-corrected chi connectivity index (χ3v) is 7.55. The minimum absolute atomic E-state index is 0.310. The number of hydrogen-bond donors (Lipinski definition) is 5. The molecule has 0 aliphatic carbocycles. The SMILES string of the molecule is CC(C)OC(=O)[C@@H](C)NP(=O)(N[C@@H](C)C(O)OC(C)C)OC[C@H]1O[C@@H](n2ccc(=O)[nH]c2=O)[C@H](O)[C@@H]1C. The Balaban J connectivity index is 2.19. The Bertz CT molecular complexity index is 1060. The second-order valence-electron chi connectivity index (χ2n) is 9.61. The number of rotatable bonds is 13. The third-order valence-electron chi connectivity index (χ3n) is 5.56. The fraction of sp³-hybridized carbons (Fsp3) is 0.773. The number of nitrogens with zero attached hydrogens (tertiary/aromatic N) is 1. The molecule has 1 fully saturated rings. The van der Waals surface area contributed by atoms with Gasteiger partial charge in [0, 0.05) is 18.2 Å². The summed E-state index contributed by atoms with van der Waals surface area (Å²) >= 11 is 0. The van der Waals surface area contributed by atoms with Crippen molar-refractivity contribution in [2.24, 2.45) is 5.92 Å². The summed E-state index contributed by atoms with van der Waals surface area (Å²) in [4.78, 5) is 38.0. The van der Waals surface area contributed by atoms with Gasteiger partial charge in [-0.2, -0.15) is 0 Å². The number of aromatic amines is 1. The molecule has 0 aromatic carbocycles. The number of carbonyl (C=O) groups excluding carboxylic acids is 1. The van der Waals surface area contributed by atoms with Crippen LogP contribution in [0.15, 0.2) is 21.9 Å². The maximum atomic E-state index is 13.8. The first kappa shape index (κ1) is 31.3. The number of H-pyrrole nitrogens is 1. The number of aliphatic hydroxyl groups excluding tert-OH is 2. The largest absolute Gasteiger partial charge is 0.462 e. The average molecular weight is 551 g/mol. The molecule has 2 rings (SSSR count). The van der Waals surface area contributed by atoms with Gasteiger partial charge in [-0.05, 0) is 41.5 Å². The van der Waals surface area contributed by atoms with E-state index >= 15 is 0 Å². The van der Waals surface area contributed by atoms with Gasteiger partial charge in [0.2, 0.25) is 0 Å². The van der Waals surface area contributed by atoms with E-state index in [-0.39, 0.29) is 12.7 Å². The summed E-state index contributed by atoms with van der Waals surface area (Å²) in [6, 6.07) is -0.803. The van der Waals surface area contributed by atoms with Crippen molar-refractivity contribution in [3.63, 3.8) is 0 Å². The average Bonchev–Trinajstić information content (AvgIpc) is 3.05. The van der Waals surface area contributed by atoms with Crippen LogP contribution in [0, 0.1) is 5.92 Å². The van der Waals surface area contributed by atoms with Crippen molar-refractivity contribution in [3.05, 3.63) is 33.1 Å².